The maximum Gasteiger partial charge on any atom is 0.135 e. The number of nitrogens with zero attached hydrogens (tertiary/aromatic N) is 2. The minimum atomic E-state index is 0.449. The minimum absolute atomic E-state index is 0.449. The Morgan fingerprint density at radius 2 is 2.19 bits per heavy atom. The SMILES string of the molecule is CCN1CCC(CN2CCC(=O)CC2C)C1. The van der Waals surface area contributed by atoms with Gasteiger partial charge in [0.25, 0.3) is 0 Å². The topological polar surface area (TPSA) is 23.6 Å². The van der Waals surface area contributed by atoms with Crippen molar-refractivity contribution < 1.29 is 4.79 Å². The summed E-state index contributed by atoms with van der Waals surface area (Å²) in [6.45, 7) is 10.3. The fraction of sp³-hybridized carbons (Fsp3) is 0.923. The molecule has 16 heavy (non-hydrogen) atoms. The summed E-state index contributed by atoms with van der Waals surface area (Å²) in [5.74, 6) is 1.28. The summed E-state index contributed by atoms with van der Waals surface area (Å²) in [6.07, 6.45) is 2.88. The molecule has 0 bridgehead atoms. The molecular weight excluding hydrogens is 200 g/mol. The van der Waals surface area contributed by atoms with E-state index in [1.165, 1.54) is 32.6 Å². The summed E-state index contributed by atoms with van der Waals surface area (Å²) in [6, 6.07) is 0.469. The molecule has 2 saturated heterocycles. The summed E-state index contributed by atoms with van der Waals surface area (Å²) in [5, 5.41) is 0. The van der Waals surface area contributed by atoms with Gasteiger partial charge in [-0.25, -0.2) is 0 Å². The van der Waals surface area contributed by atoms with Crippen LogP contribution in [-0.4, -0.2) is 54.3 Å². The third kappa shape index (κ3) is 2.83. The number of piperidine rings is 1. The summed E-state index contributed by atoms with van der Waals surface area (Å²) in [5.41, 5.74) is 0. The van der Waals surface area contributed by atoms with Gasteiger partial charge in [0.05, 0.1) is 0 Å². The van der Waals surface area contributed by atoms with E-state index in [1.54, 1.807) is 0 Å². The van der Waals surface area contributed by atoms with E-state index in [9.17, 15) is 4.79 Å². The van der Waals surface area contributed by atoms with E-state index >= 15 is 0 Å². The summed E-state index contributed by atoms with van der Waals surface area (Å²) in [7, 11) is 0. The first kappa shape index (κ1) is 12.1. The molecule has 2 fully saturated rings. The highest BCUT2D eigenvalue weighted by Gasteiger charge is 2.28. The van der Waals surface area contributed by atoms with Crippen molar-refractivity contribution in [2.75, 3.05) is 32.7 Å². The van der Waals surface area contributed by atoms with Crippen molar-refractivity contribution in [1.29, 1.82) is 0 Å². The van der Waals surface area contributed by atoms with Crippen molar-refractivity contribution >= 4 is 5.78 Å². The van der Waals surface area contributed by atoms with Gasteiger partial charge in [-0.15, -0.1) is 0 Å². The molecule has 3 heteroatoms. The number of likely N-dealkylation sites (tertiary alicyclic amines) is 2. The predicted molar refractivity (Wildman–Crippen MR) is 65.5 cm³/mol. The second-order valence-electron chi connectivity index (χ2n) is 5.38. The lowest BCUT2D eigenvalue weighted by atomic mass is 9.99. The van der Waals surface area contributed by atoms with Crippen molar-refractivity contribution in [2.45, 2.75) is 39.2 Å². The Bertz CT molecular complexity index is 254. The maximum absolute atomic E-state index is 11.3. The molecule has 2 heterocycles. The van der Waals surface area contributed by atoms with Crippen LogP contribution in [0, 0.1) is 5.92 Å². The number of ketones is 1. The van der Waals surface area contributed by atoms with Crippen molar-refractivity contribution in [3.63, 3.8) is 0 Å². The van der Waals surface area contributed by atoms with E-state index in [1.807, 2.05) is 0 Å². The molecule has 0 saturated carbocycles. The predicted octanol–water partition coefficient (Wildman–Crippen LogP) is 1.38. The molecule has 0 N–H and O–H groups in total. The third-order valence-electron chi connectivity index (χ3n) is 4.13. The minimum Gasteiger partial charge on any atom is -0.303 e. The first-order chi connectivity index (χ1) is 7.69. The van der Waals surface area contributed by atoms with Crippen LogP contribution in [0.5, 0.6) is 0 Å². The molecule has 0 aromatic carbocycles. The van der Waals surface area contributed by atoms with Crippen LogP contribution >= 0.6 is 0 Å². The molecular formula is C13H24N2O. The van der Waals surface area contributed by atoms with Gasteiger partial charge in [-0.2, -0.15) is 0 Å². The maximum atomic E-state index is 11.3. The van der Waals surface area contributed by atoms with E-state index in [4.69, 9.17) is 0 Å². The largest absolute Gasteiger partial charge is 0.303 e. The molecule has 2 aliphatic rings. The summed E-state index contributed by atoms with van der Waals surface area (Å²) >= 11 is 0. The lowest BCUT2D eigenvalue weighted by molar-refractivity contribution is -0.123. The Labute approximate surface area is 98.8 Å². The zero-order valence-corrected chi connectivity index (χ0v) is 10.6. The highest BCUT2D eigenvalue weighted by atomic mass is 16.1. The first-order valence-corrected chi connectivity index (χ1v) is 6.67. The Balaban J connectivity index is 1.79. The summed E-state index contributed by atoms with van der Waals surface area (Å²) < 4.78 is 0. The lowest BCUT2D eigenvalue weighted by Gasteiger charge is -2.34. The smallest absolute Gasteiger partial charge is 0.135 e. The molecule has 0 aromatic heterocycles. The zero-order chi connectivity index (χ0) is 11.5. The van der Waals surface area contributed by atoms with E-state index in [2.05, 4.69) is 23.6 Å². The third-order valence-corrected chi connectivity index (χ3v) is 4.13. The second-order valence-corrected chi connectivity index (χ2v) is 5.38. The van der Waals surface area contributed by atoms with Crippen LogP contribution in [0.2, 0.25) is 0 Å². The molecule has 0 radical (unpaired) electrons. The van der Waals surface area contributed by atoms with Crippen LogP contribution in [0.4, 0.5) is 0 Å². The van der Waals surface area contributed by atoms with E-state index in [0.717, 1.165) is 25.3 Å². The van der Waals surface area contributed by atoms with Crippen LogP contribution in [0.3, 0.4) is 0 Å². The van der Waals surface area contributed by atoms with Crippen LogP contribution in [0.25, 0.3) is 0 Å². The van der Waals surface area contributed by atoms with Crippen molar-refractivity contribution in [3.8, 4) is 0 Å². The zero-order valence-electron chi connectivity index (χ0n) is 10.6. The van der Waals surface area contributed by atoms with Gasteiger partial charge in [0.1, 0.15) is 5.78 Å². The number of carbonyl (C=O) groups is 1. The van der Waals surface area contributed by atoms with Gasteiger partial charge >= 0.3 is 0 Å². The highest BCUT2D eigenvalue weighted by molar-refractivity contribution is 5.79. The van der Waals surface area contributed by atoms with Crippen LogP contribution in [-0.2, 0) is 4.79 Å². The van der Waals surface area contributed by atoms with Gasteiger partial charge in [0.15, 0.2) is 0 Å². The van der Waals surface area contributed by atoms with E-state index in [-0.39, 0.29) is 0 Å². The molecule has 0 aromatic rings. The van der Waals surface area contributed by atoms with Gasteiger partial charge in [-0.3, -0.25) is 9.69 Å². The van der Waals surface area contributed by atoms with Gasteiger partial charge in [-0.1, -0.05) is 6.92 Å². The van der Waals surface area contributed by atoms with Crippen LogP contribution < -0.4 is 0 Å². The Morgan fingerprint density at radius 1 is 1.38 bits per heavy atom. The van der Waals surface area contributed by atoms with Gasteiger partial charge < -0.3 is 4.90 Å². The quantitative estimate of drug-likeness (QED) is 0.723. The molecule has 2 unspecified atom stereocenters. The average Bonchev–Trinajstić information content (AvgIpc) is 2.70. The highest BCUT2D eigenvalue weighted by Crippen LogP contribution is 2.21. The molecule has 2 rings (SSSR count). The van der Waals surface area contributed by atoms with Crippen LogP contribution in [0.1, 0.15) is 33.1 Å². The van der Waals surface area contributed by atoms with Gasteiger partial charge in [0, 0.05) is 38.5 Å². The van der Waals surface area contributed by atoms with E-state index in [0.29, 0.717) is 11.8 Å². The average molecular weight is 224 g/mol. The number of hydrogen-bond donors (Lipinski definition) is 0. The molecule has 2 aliphatic heterocycles. The molecule has 92 valence electrons. The van der Waals surface area contributed by atoms with Crippen molar-refractivity contribution in [1.82, 2.24) is 9.80 Å². The van der Waals surface area contributed by atoms with Gasteiger partial charge in [0.2, 0.25) is 0 Å². The number of hydrogen-bond acceptors (Lipinski definition) is 3. The molecule has 0 amide bonds. The van der Waals surface area contributed by atoms with Crippen LogP contribution in [0.15, 0.2) is 0 Å². The van der Waals surface area contributed by atoms with Gasteiger partial charge in [-0.05, 0) is 32.4 Å². The molecule has 0 spiro atoms. The number of rotatable bonds is 3. The molecule has 2 atom stereocenters. The fourth-order valence-corrected chi connectivity index (χ4v) is 3.00. The standard InChI is InChI=1S/C13H24N2O/c1-3-14-6-4-12(9-14)10-15-7-5-13(16)8-11(15)2/h11-12H,3-10H2,1-2H3. The normalized spacial score (nSPS) is 33.5. The summed E-state index contributed by atoms with van der Waals surface area (Å²) in [4.78, 5) is 16.4. The Hall–Kier alpha value is -0.410. The molecule has 3 nitrogen and oxygen atoms in total. The monoisotopic (exact) mass is 224 g/mol. The molecule has 0 aliphatic carbocycles. The number of Topliss-reactive ketones (excluding diaryl/α,β-unsaturated/α-hetero) is 1. The van der Waals surface area contributed by atoms with E-state index < -0.39 is 0 Å². The second kappa shape index (κ2) is 5.28. The fourth-order valence-electron chi connectivity index (χ4n) is 3.00. The lowest BCUT2D eigenvalue weighted by Crippen LogP contribution is -2.43. The Kier molecular flexibility index (Phi) is 3.98. The Morgan fingerprint density at radius 3 is 2.81 bits per heavy atom. The van der Waals surface area contributed by atoms with Crippen molar-refractivity contribution in [2.24, 2.45) is 5.92 Å². The number of carbonyl (C=O) groups excluding carboxylic acids is 1. The van der Waals surface area contributed by atoms with Crippen molar-refractivity contribution in [3.05, 3.63) is 0 Å². The first-order valence-electron chi connectivity index (χ1n) is 6.67.